The molecule has 1 atom stereocenters. The summed E-state index contributed by atoms with van der Waals surface area (Å²) in [5.41, 5.74) is 2.66. The minimum atomic E-state index is -3.92. The van der Waals surface area contributed by atoms with Gasteiger partial charge in [0.15, 0.2) is 0 Å². The molecule has 2 aliphatic rings. The van der Waals surface area contributed by atoms with Gasteiger partial charge in [-0.2, -0.15) is 0 Å². The summed E-state index contributed by atoms with van der Waals surface area (Å²) in [4.78, 5) is 0.278. The monoisotopic (exact) mass is 519 g/mol. The summed E-state index contributed by atoms with van der Waals surface area (Å²) in [6, 6.07) is 12.2. The first-order valence-corrected chi connectivity index (χ1v) is 15.7. The van der Waals surface area contributed by atoms with E-state index in [0.717, 1.165) is 38.0 Å². The normalized spacial score (nSPS) is 19.1. The van der Waals surface area contributed by atoms with Gasteiger partial charge in [-0.25, -0.2) is 17.4 Å². The lowest BCUT2D eigenvalue weighted by molar-refractivity contribution is -0.176. The average molecular weight is 520 g/mol. The zero-order chi connectivity index (χ0) is 25.4. The Labute approximate surface area is 210 Å². The third-order valence-electron chi connectivity index (χ3n) is 6.97. The number of rotatable bonds is 10. The van der Waals surface area contributed by atoms with Crippen molar-refractivity contribution in [2.45, 2.75) is 49.8 Å². The minimum absolute atomic E-state index is 0.0503. The van der Waals surface area contributed by atoms with E-state index in [2.05, 4.69) is 12.2 Å². The predicted octanol–water partition coefficient (Wildman–Crippen LogP) is 4.97. The van der Waals surface area contributed by atoms with E-state index in [4.69, 9.17) is 9.52 Å². The maximum absolute atomic E-state index is 13.8. The average Bonchev–Trinajstić information content (AvgIpc) is 2.74. The molecule has 0 radical (unpaired) electrons. The van der Waals surface area contributed by atoms with Crippen molar-refractivity contribution in [3.63, 3.8) is 0 Å². The number of ether oxygens (including phenoxy) is 1. The number of hydrogen-bond acceptors (Lipinski definition) is 6. The number of aryl methyl sites for hydroxylation is 1. The molecule has 4 rings (SSSR count). The molecule has 35 heavy (non-hydrogen) atoms. The summed E-state index contributed by atoms with van der Waals surface area (Å²) >= 11 is 0. The van der Waals surface area contributed by atoms with E-state index in [-0.39, 0.29) is 15.7 Å². The Morgan fingerprint density at radius 2 is 1.77 bits per heavy atom. The molecule has 1 unspecified atom stereocenters. The van der Waals surface area contributed by atoms with Crippen LogP contribution in [0.3, 0.4) is 0 Å². The van der Waals surface area contributed by atoms with Crippen molar-refractivity contribution in [3.05, 3.63) is 48.0 Å². The molecule has 2 aromatic carbocycles. The fraction of sp³-hybridized carbons (Fsp3) is 0.538. The molecule has 1 heterocycles. The summed E-state index contributed by atoms with van der Waals surface area (Å²) in [5.74, 6) is 0.607. The van der Waals surface area contributed by atoms with Gasteiger partial charge in [0.05, 0.1) is 44.1 Å². The zero-order valence-electron chi connectivity index (χ0n) is 21.0. The van der Waals surface area contributed by atoms with Crippen LogP contribution in [0.5, 0.6) is 0 Å². The van der Waals surface area contributed by atoms with Gasteiger partial charge in [-0.15, -0.1) is 0 Å². The molecule has 1 saturated heterocycles. The van der Waals surface area contributed by atoms with Crippen molar-refractivity contribution in [1.29, 1.82) is 4.78 Å². The number of sulfonamides is 1. The molecule has 9 heteroatoms. The van der Waals surface area contributed by atoms with Crippen LogP contribution in [-0.2, 0) is 30.9 Å². The second-order valence-corrected chi connectivity index (χ2v) is 14.6. The lowest BCUT2D eigenvalue weighted by atomic mass is 9.61. The van der Waals surface area contributed by atoms with E-state index in [1.165, 1.54) is 16.6 Å². The number of nitrogens with one attached hydrogen (secondary N) is 2. The Morgan fingerprint density at radius 1 is 1.11 bits per heavy atom. The molecule has 1 aliphatic heterocycles. The van der Waals surface area contributed by atoms with Gasteiger partial charge in [-0.3, -0.25) is 4.31 Å². The van der Waals surface area contributed by atoms with Crippen LogP contribution in [0, 0.1) is 22.0 Å². The van der Waals surface area contributed by atoms with Gasteiger partial charge in [-0.05, 0) is 67.0 Å². The molecule has 0 bridgehead atoms. The summed E-state index contributed by atoms with van der Waals surface area (Å²) < 4.78 is 55.4. The van der Waals surface area contributed by atoms with Crippen LogP contribution in [0.15, 0.2) is 52.3 Å². The fourth-order valence-corrected chi connectivity index (χ4v) is 7.66. The molecule has 1 saturated carbocycles. The first-order valence-electron chi connectivity index (χ1n) is 12.2. The third-order valence-corrected chi connectivity index (χ3v) is 9.93. The molecule has 1 spiro atoms. The maximum atomic E-state index is 13.8. The maximum Gasteiger partial charge on any atom is 0.264 e. The number of benzene rings is 2. The Kier molecular flexibility index (Phi) is 7.23. The summed E-state index contributed by atoms with van der Waals surface area (Å²) in [5, 5.41) is 3.34. The predicted molar refractivity (Wildman–Crippen MR) is 141 cm³/mol. The van der Waals surface area contributed by atoms with E-state index in [1.807, 2.05) is 38.1 Å². The van der Waals surface area contributed by atoms with E-state index < -0.39 is 19.8 Å². The number of nitrogens with zero attached hydrogens (tertiary/aromatic N) is 1. The standard InChI is InChI=1S/C26H37N3O4S2/c1-5-20-6-8-22(9-7-20)29(16-19(2)3)35(31,32)23-10-11-24(25(12-23)34(4,27)30)28-15-21-13-26(14-21)17-33-18-26/h6-12,19,21,27-28H,5,13-18H2,1-4H3. The minimum Gasteiger partial charge on any atom is -0.384 e. The fourth-order valence-electron chi connectivity index (χ4n) is 5.02. The first kappa shape index (κ1) is 26.0. The second-order valence-electron chi connectivity index (χ2n) is 10.6. The Bertz CT molecular complexity index is 1260. The van der Waals surface area contributed by atoms with Crippen LogP contribution in [0.4, 0.5) is 11.4 Å². The van der Waals surface area contributed by atoms with E-state index in [1.54, 1.807) is 12.1 Å². The van der Waals surface area contributed by atoms with Crippen molar-refractivity contribution in [3.8, 4) is 0 Å². The molecule has 2 fully saturated rings. The molecule has 0 amide bonds. The van der Waals surface area contributed by atoms with E-state index >= 15 is 0 Å². The van der Waals surface area contributed by atoms with Gasteiger partial charge in [0.2, 0.25) is 0 Å². The SMILES string of the molecule is CCc1ccc(N(CC(C)C)S(=O)(=O)c2ccc(NCC3CC4(COC4)C3)c(S(C)(=N)=O)c2)cc1. The van der Waals surface area contributed by atoms with Crippen LogP contribution >= 0.6 is 0 Å². The van der Waals surface area contributed by atoms with Crippen molar-refractivity contribution in [2.75, 3.05) is 42.2 Å². The van der Waals surface area contributed by atoms with Crippen molar-refractivity contribution in [2.24, 2.45) is 17.3 Å². The van der Waals surface area contributed by atoms with Crippen LogP contribution < -0.4 is 9.62 Å². The highest BCUT2D eigenvalue weighted by atomic mass is 32.2. The highest BCUT2D eigenvalue weighted by Gasteiger charge is 2.49. The van der Waals surface area contributed by atoms with Crippen molar-refractivity contribution >= 4 is 31.1 Å². The molecular formula is C26H37N3O4S2. The Morgan fingerprint density at radius 3 is 2.29 bits per heavy atom. The molecular weight excluding hydrogens is 482 g/mol. The Hall–Kier alpha value is -2.10. The first-order chi connectivity index (χ1) is 16.4. The summed E-state index contributed by atoms with van der Waals surface area (Å²) in [7, 11) is -7.08. The highest BCUT2D eigenvalue weighted by Crippen LogP contribution is 2.50. The number of anilines is 2. The lowest BCUT2D eigenvalue weighted by Crippen LogP contribution is -2.53. The van der Waals surface area contributed by atoms with Crippen molar-refractivity contribution in [1.82, 2.24) is 0 Å². The van der Waals surface area contributed by atoms with Gasteiger partial charge >= 0.3 is 0 Å². The molecule has 7 nitrogen and oxygen atoms in total. The van der Waals surface area contributed by atoms with Crippen LogP contribution in [0.1, 0.15) is 39.2 Å². The van der Waals surface area contributed by atoms with Gasteiger partial charge in [0, 0.05) is 24.8 Å². The zero-order valence-corrected chi connectivity index (χ0v) is 22.7. The molecule has 2 aromatic rings. The van der Waals surface area contributed by atoms with E-state index in [9.17, 15) is 12.6 Å². The lowest BCUT2D eigenvalue weighted by Gasteiger charge is -2.53. The second kappa shape index (κ2) is 9.75. The summed E-state index contributed by atoms with van der Waals surface area (Å²) in [6.07, 6.45) is 4.42. The molecule has 1 aliphatic carbocycles. The molecule has 192 valence electrons. The van der Waals surface area contributed by atoms with Crippen LogP contribution in [-0.4, -0.2) is 45.2 Å². The van der Waals surface area contributed by atoms with Gasteiger partial charge in [-0.1, -0.05) is 32.9 Å². The van der Waals surface area contributed by atoms with Crippen LogP contribution in [0.2, 0.25) is 0 Å². The highest BCUT2D eigenvalue weighted by molar-refractivity contribution is 7.93. The van der Waals surface area contributed by atoms with E-state index in [0.29, 0.717) is 35.8 Å². The summed E-state index contributed by atoms with van der Waals surface area (Å²) in [6.45, 7) is 8.71. The Balaban J connectivity index is 1.61. The van der Waals surface area contributed by atoms with Crippen LogP contribution in [0.25, 0.3) is 0 Å². The van der Waals surface area contributed by atoms with Gasteiger partial charge < -0.3 is 10.1 Å². The molecule has 2 N–H and O–H groups in total. The topological polar surface area (TPSA) is 99.6 Å². The van der Waals surface area contributed by atoms with Crippen molar-refractivity contribution < 1.29 is 17.4 Å². The van der Waals surface area contributed by atoms with Gasteiger partial charge in [0.25, 0.3) is 10.0 Å². The largest absolute Gasteiger partial charge is 0.384 e. The smallest absolute Gasteiger partial charge is 0.264 e. The molecule has 0 aromatic heterocycles. The quantitative estimate of drug-likeness (QED) is 0.461. The van der Waals surface area contributed by atoms with Gasteiger partial charge in [0.1, 0.15) is 0 Å². The number of hydrogen-bond donors (Lipinski definition) is 2. The third kappa shape index (κ3) is 5.52.